The number of hydrogen-bond acceptors (Lipinski definition) is 5. The second-order valence-electron chi connectivity index (χ2n) is 4.72. The third kappa shape index (κ3) is 3.20. The molecule has 1 aromatic heterocycles. The van der Waals surface area contributed by atoms with Crippen molar-refractivity contribution >= 4 is 22.4 Å². The zero-order valence-corrected chi connectivity index (χ0v) is 11.4. The van der Waals surface area contributed by atoms with Gasteiger partial charge in [0.25, 0.3) is 5.91 Å². The molecule has 0 bridgehead atoms. The van der Waals surface area contributed by atoms with Crippen LogP contribution < -0.4 is 11.1 Å². The first-order chi connectivity index (χ1) is 8.60. The van der Waals surface area contributed by atoms with Crippen LogP contribution >= 0.6 is 11.3 Å². The molecule has 5 nitrogen and oxygen atoms in total. The quantitative estimate of drug-likeness (QED) is 0.791. The van der Waals surface area contributed by atoms with Crippen LogP contribution in [-0.2, 0) is 16.0 Å². The van der Waals surface area contributed by atoms with Gasteiger partial charge in [-0.15, -0.1) is 11.3 Å². The van der Waals surface area contributed by atoms with Crippen LogP contribution in [0.2, 0.25) is 0 Å². The number of hydrogen-bond donors (Lipinski definition) is 2. The summed E-state index contributed by atoms with van der Waals surface area (Å²) >= 11 is 1.45. The average Bonchev–Trinajstić information content (AvgIpc) is 2.94. The topological polar surface area (TPSA) is 77.2 Å². The molecule has 1 atom stereocenters. The Labute approximate surface area is 111 Å². The third-order valence-corrected chi connectivity index (χ3v) is 3.89. The first-order valence-electron chi connectivity index (χ1n) is 6.22. The van der Waals surface area contributed by atoms with Crippen molar-refractivity contribution in [1.82, 2.24) is 10.3 Å². The van der Waals surface area contributed by atoms with Gasteiger partial charge in [-0.2, -0.15) is 0 Å². The molecule has 18 heavy (non-hydrogen) atoms. The van der Waals surface area contributed by atoms with E-state index in [1.807, 2.05) is 12.3 Å². The van der Waals surface area contributed by atoms with Gasteiger partial charge in [0.15, 0.2) is 5.13 Å². The van der Waals surface area contributed by atoms with Gasteiger partial charge in [-0.25, -0.2) is 4.98 Å². The molecule has 3 N–H and O–H groups in total. The highest BCUT2D eigenvalue weighted by Crippen LogP contribution is 2.24. The van der Waals surface area contributed by atoms with Crippen molar-refractivity contribution in [3.8, 4) is 0 Å². The van der Waals surface area contributed by atoms with Gasteiger partial charge in [0, 0.05) is 18.5 Å². The van der Waals surface area contributed by atoms with Gasteiger partial charge < -0.3 is 15.8 Å². The molecule has 0 aromatic carbocycles. The van der Waals surface area contributed by atoms with Crippen LogP contribution in [0.1, 0.15) is 31.9 Å². The first kappa shape index (κ1) is 13.3. The first-order valence-corrected chi connectivity index (χ1v) is 7.10. The Morgan fingerprint density at radius 3 is 3.17 bits per heavy atom. The van der Waals surface area contributed by atoms with E-state index in [0.29, 0.717) is 18.3 Å². The SMILES string of the molecule is C[C@@]1(C(=O)NCCCc2csc(N)n2)CCCO1. The number of aromatic nitrogens is 1. The summed E-state index contributed by atoms with van der Waals surface area (Å²) in [7, 11) is 0. The molecule has 0 unspecified atom stereocenters. The van der Waals surface area contributed by atoms with E-state index in [4.69, 9.17) is 10.5 Å². The Kier molecular flexibility index (Phi) is 4.19. The van der Waals surface area contributed by atoms with Crippen LogP contribution in [0.15, 0.2) is 5.38 Å². The lowest BCUT2D eigenvalue weighted by Crippen LogP contribution is -2.44. The van der Waals surface area contributed by atoms with Crippen molar-refractivity contribution in [2.75, 3.05) is 18.9 Å². The van der Waals surface area contributed by atoms with E-state index in [0.717, 1.165) is 31.4 Å². The molecule has 100 valence electrons. The van der Waals surface area contributed by atoms with Gasteiger partial charge >= 0.3 is 0 Å². The molecule has 0 radical (unpaired) electrons. The molecule has 1 amide bonds. The van der Waals surface area contributed by atoms with Gasteiger partial charge in [-0.05, 0) is 32.6 Å². The van der Waals surface area contributed by atoms with E-state index in [1.54, 1.807) is 0 Å². The fourth-order valence-corrected chi connectivity index (χ4v) is 2.65. The number of nitrogens with one attached hydrogen (secondary N) is 1. The lowest BCUT2D eigenvalue weighted by molar-refractivity contribution is -0.139. The zero-order valence-electron chi connectivity index (χ0n) is 10.6. The number of nitrogens with zero attached hydrogens (tertiary/aromatic N) is 1. The summed E-state index contributed by atoms with van der Waals surface area (Å²) in [5, 5.41) is 5.48. The Balaban J connectivity index is 1.67. The lowest BCUT2D eigenvalue weighted by atomic mass is 10.0. The highest BCUT2D eigenvalue weighted by molar-refractivity contribution is 7.13. The highest BCUT2D eigenvalue weighted by Gasteiger charge is 2.37. The molecule has 1 aliphatic rings. The van der Waals surface area contributed by atoms with Gasteiger partial charge in [0.1, 0.15) is 5.60 Å². The van der Waals surface area contributed by atoms with E-state index < -0.39 is 5.60 Å². The van der Waals surface area contributed by atoms with Crippen molar-refractivity contribution in [3.63, 3.8) is 0 Å². The molecule has 6 heteroatoms. The standard InChI is InChI=1S/C12H19N3O2S/c1-12(5-3-7-17-12)10(16)14-6-2-4-9-8-18-11(13)15-9/h8H,2-7H2,1H3,(H2,13,15)(H,14,16)/t12-/m0/s1. The third-order valence-electron chi connectivity index (χ3n) is 3.16. The van der Waals surface area contributed by atoms with Crippen molar-refractivity contribution < 1.29 is 9.53 Å². The summed E-state index contributed by atoms with van der Waals surface area (Å²) in [6.07, 6.45) is 3.47. The van der Waals surface area contributed by atoms with Crippen molar-refractivity contribution in [3.05, 3.63) is 11.1 Å². The number of rotatable bonds is 5. The van der Waals surface area contributed by atoms with Crippen LogP contribution in [-0.4, -0.2) is 29.6 Å². The van der Waals surface area contributed by atoms with Gasteiger partial charge in [0.05, 0.1) is 5.69 Å². The highest BCUT2D eigenvalue weighted by atomic mass is 32.1. The van der Waals surface area contributed by atoms with Crippen LogP contribution in [0.5, 0.6) is 0 Å². The minimum Gasteiger partial charge on any atom is -0.375 e. The number of nitrogens with two attached hydrogens (primary N) is 1. The van der Waals surface area contributed by atoms with Gasteiger partial charge in [0.2, 0.25) is 0 Å². The minimum atomic E-state index is -0.620. The molecule has 0 aliphatic carbocycles. The molecule has 1 saturated heterocycles. The molecule has 1 aliphatic heterocycles. The van der Waals surface area contributed by atoms with E-state index in [2.05, 4.69) is 10.3 Å². The van der Waals surface area contributed by atoms with Crippen LogP contribution in [0.3, 0.4) is 0 Å². The molecule has 0 saturated carbocycles. The van der Waals surface area contributed by atoms with E-state index in [1.165, 1.54) is 11.3 Å². The smallest absolute Gasteiger partial charge is 0.251 e. The normalized spacial score (nSPS) is 23.2. The van der Waals surface area contributed by atoms with Gasteiger partial charge in [-0.1, -0.05) is 0 Å². The summed E-state index contributed by atoms with van der Waals surface area (Å²) in [4.78, 5) is 16.1. The molecular formula is C12H19N3O2S. The molecule has 0 spiro atoms. The van der Waals surface area contributed by atoms with Crippen LogP contribution in [0, 0.1) is 0 Å². The molecule has 1 fully saturated rings. The predicted molar refractivity (Wildman–Crippen MR) is 71.4 cm³/mol. The number of anilines is 1. The maximum absolute atomic E-state index is 11.9. The number of nitrogen functional groups attached to an aromatic ring is 1. The summed E-state index contributed by atoms with van der Waals surface area (Å²) < 4.78 is 5.48. The Morgan fingerprint density at radius 1 is 1.72 bits per heavy atom. The monoisotopic (exact) mass is 269 g/mol. The number of amides is 1. The molecule has 2 rings (SSSR count). The van der Waals surface area contributed by atoms with Crippen molar-refractivity contribution in [2.45, 2.75) is 38.2 Å². The summed E-state index contributed by atoms with van der Waals surface area (Å²) in [5.41, 5.74) is 5.93. The van der Waals surface area contributed by atoms with Crippen LogP contribution in [0.25, 0.3) is 0 Å². The summed E-state index contributed by atoms with van der Waals surface area (Å²) in [6, 6.07) is 0. The number of ether oxygens (including phenoxy) is 1. The lowest BCUT2D eigenvalue weighted by Gasteiger charge is -2.21. The average molecular weight is 269 g/mol. The summed E-state index contributed by atoms with van der Waals surface area (Å²) in [5.74, 6) is -0.00204. The fraction of sp³-hybridized carbons (Fsp3) is 0.667. The van der Waals surface area contributed by atoms with E-state index in [9.17, 15) is 4.79 Å². The van der Waals surface area contributed by atoms with Crippen molar-refractivity contribution in [1.29, 1.82) is 0 Å². The van der Waals surface area contributed by atoms with E-state index >= 15 is 0 Å². The fourth-order valence-electron chi connectivity index (χ4n) is 2.05. The Morgan fingerprint density at radius 2 is 2.56 bits per heavy atom. The van der Waals surface area contributed by atoms with E-state index in [-0.39, 0.29) is 5.91 Å². The Hall–Kier alpha value is -1.14. The maximum Gasteiger partial charge on any atom is 0.251 e. The minimum absolute atomic E-state index is 0.00204. The second kappa shape index (κ2) is 5.67. The largest absolute Gasteiger partial charge is 0.375 e. The zero-order chi connectivity index (χ0) is 13.0. The number of carbonyl (C=O) groups is 1. The van der Waals surface area contributed by atoms with Crippen molar-refractivity contribution in [2.24, 2.45) is 0 Å². The summed E-state index contributed by atoms with van der Waals surface area (Å²) in [6.45, 7) is 3.19. The maximum atomic E-state index is 11.9. The molecule has 2 heterocycles. The number of aryl methyl sites for hydroxylation is 1. The van der Waals surface area contributed by atoms with Gasteiger partial charge in [-0.3, -0.25) is 4.79 Å². The van der Waals surface area contributed by atoms with Crippen LogP contribution in [0.4, 0.5) is 5.13 Å². The number of thiazole rings is 1. The molecular weight excluding hydrogens is 250 g/mol. The molecule has 1 aromatic rings. The number of carbonyl (C=O) groups excluding carboxylic acids is 1. The second-order valence-corrected chi connectivity index (χ2v) is 5.61. The predicted octanol–water partition coefficient (Wildman–Crippen LogP) is 1.34. The Bertz CT molecular complexity index is 413.